The van der Waals surface area contributed by atoms with E-state index in [1.807, 2.05) is 48.5 Å². The molecule has 1 aliphatic carbocycles. The van der Waals surface area contributed by atoms with Crippen molar-refractivity contribution in [2.24, 2.45) is 5.84 Å². The summed E-state index contributed by atoms with van der Waals surface area (Å²) in [6.07, 6.45) is 5.19. The Hall–Kier alpha value is -2.41. The zero-order chi connectivity index (χ0) is 17.6. The van der Waals surface area contributed by atoms with Crippen molar-refractivity contribution in [1.29, 1.82) is 0 Å². The summed E-state index contributed by atoms with van der Waals surface area (Å²) in [5.74, 6) is 6.71. The molecule has 3 N–H and O–H groups in total. The Kier molecular flexibility index (Phi) is 5.65. The van der Waals surface area contributed by atoms with Gasteiger partial charge in [0.1, 0.15) is 0 Å². The highest BCUT2D eigenvalue weighted by Crippen LogP contribution is 2.33. The summed E-state index contributed by atoms with van der Waals surface area (Å²) >= 11 is 3.34. The van der Waals surface area contributed by atoms with Crippen LogP contribution in [0.4, 0.5) is 0 Å². The summed E-state index contributed by atoms with van der Waals surface area (Å²) in [4.78, 5) is 11.1. The number of ether oxygens (including phenoxy) is 2. The largest absolute Gasteiger partial charge is 0.454 e. The summed E-state index contributed by atoms with van der Waals surface area (Å²) in [5, 5.41) is 0. The lowest BCUT2D eigenvalue weighted by atomic mass is 9.98. The van der Waals surface area contributed by atoms with E-state index in [9.17, 15) is 4.79 Å². The third-order valence-electron chi connectivity index (χ3n) is 3.64. The topological polar surface area (TPSA) is 73.6 Å². The minimum absolute atomic E-state index is 0.0765. The monoisotopic (exact) mass is 400 g/mol. The van der Waals surface area contributed by atoms with Gasteiger partial charge in [-0.1, -0.05) is 34.1 Å². The highest BCUT2D eigenvalue weighted by Gasteiger charge is 2.15. The van der Waals surface area contributed by atoms with Gasteiger partial charge in [-0.25, -0.2) is 0 Å². The van der Waals surface area contributed by atoms with Gasteiger partial charge in [-0.05, 0) is 53.6 Å². The molecule has 0 fully saturated rings. The van der Waals surface area contributed by atoms with Crippen LogP contribution in [0, 0.1) is 0 Å². The van der Waals surface area contributed by atoms with Crippen molar-refractivity contribution in [3.8, 4) is 11.5 Å². The summed E-state index contributed by atoms with van der Waals surface area (Å²) in [6.45, 7) is 0.988. The number of allylic oxidation sites excluding steroid dienone is 3. The first-order valence-corrected chi connectivity index (χ1v) is 8.46. The van der Waals surface area contributed by atoms with Crippen molar-refractivity contribution in [2.45, 2.75) is 6.54 Å². The average Bonchev–Trinajstić information content (AvgIpc) is 3.09. The van der Waals surface area contributed by atoms with Crippen molar-refractivity contribution >= 4 is 27.8 Å². The minimum Gasteiger partial charge on any atom is -0.454 e. The van der Waals surface area contributed by atoms with Crippen LogP contribution >= 0.6 is 15.9 Å². The molecule has 0 radical (unpaired) electrons. The SMILES string of the molecule is NNCc1ccc(Br)cc1.O=C1C=CC1=Cc1ccc2c(c1)OCO2. The second kappa shape index (κ2) is 8.11. The molecule has 1 aliphatic heterocycles. The fourth-order valence-corrected chi connectivity index (χ4v) is 2.53. The smallest absolute Gasteiger partial charge is 0.231 e. The van der Waals surface area contributed by atoms with Gasteiger partial charge in [-0.15, -0.1) is 0 Å². The number of halogens is 1. The highest BCUT2D eigenvalue weighted by molar-refractivity contribution is 9.10. The van der Waals surface area contributed by atoms with Gasteiger partial charge in [0.25, 0.3) is 0 Å². The number of hydrazine groups is 1. The lowest BCUT2D eigenvalue weighted by Gasteiger charge is -2.05. The zero-order valence-electron chi connectivity index (χ0n) is 13.4. The van der Waals surface area contributed by atoms with Crippen LogP contribution in [0.2, 0.25) is 0 Å². The Labute approximate surface area is 154 Å². The Morgan fingerprint density at radius 2 is 1.84 bits per heavy atom. The van der Waals surface area contributed by atoms with Gasteiger partial charge in [-0.2, -0.15) is 0 Å². The van der Waals surface area contributed by atoms with Gasteiger partial charge >= 0.3 is 0 Å². The molecule has 1 heterocycles. The van der Waals surface area contributed by atoms with E-state index in [1.54, 1.807) is 12.2 Å². The lowest BCUT2D eigenvalue weighted by molar-refractivity contribution is -0.111. The number of benzene rings is 2. The first-order chi connectivity index (χ1) is 12.2. The molecule has 0 unspecified atom stereocenters. The Morgan fingerprint density at radius 1 is 1.08 bits per heavy atom. The number of fused-ring (bicyclic) bond motifs is 1. The van der Waals surface area contributed by atoms with Gasteiger partial charge in [0.05, 0.1) is 0 Å². The fraction of sp³-hybridized carbons (Fsp3) is 0.105. The summed E-state index contributed by atoms with van der Waals surface area (Å²) in [7, 11) is 0. The molecule has 0 saturated carbocycles. The number of rotatable bonds is 3. The molecule has 0 amide bonds. The number of ketones is 1. The van der Waals surface area contributed by atoms with Crippen LogP contribution < -0.4 is 20.7 Å². The number of carbonyl (C=O) groups is 1. The van der Waals surface area contributed by atoms with Crippen LogP contribution in [-0.4, -0.2) is 12.6 Å². The second-order valence-corrected chi connectivity index (χ2v) is 6.33. The van der Waals surface area contributed by atoms with Crippen LogP contribution in [0.5, 0.6) is 11.5 Å². The number of nitrogens with one attached hydrogen (secondary N) is 1. The summed E-state index contributed by atoms with van der Waals surface area (Å²) in [6, 6.07) is 13.6. The maximum absolute atomic E-state index is 11.1. The molecule has 0 spiro atoms. The van der Waals surface area contributed by atoms with Gasteiger partial charge in [-0.3, -0.25) is 16.1 Å². The first kappa shape index (κ1) is 17.4. The quantitative estimate of drug-likeness (QED) is 0.469. The highest BCUT2D eigenvalue weighted by atomic mass is 79.9. The summed E-state index contributed by atoms with van der Waals surface area (Å²) in [5.41, 5.74) is 5.46. The fourth-order valence-electron chi connectivity index (χ4n) is 2.27. The molecule has 6 heteroatoms. The zero-order valence-corrected chi connectivity index (χ0v) is 15.0. The first-order valence-electron chi connectivity index (χ1n) is 7.67. The van der Waals surface area contributed by atoms with Gasteiger partial charge < -0.3 is 9.47 Å². The number of hydrogen-bond donors (Lipinski definition) is 2. The van der Waals surface area contributed by atoms with Gasteiger partial charge in [0.2, 0.25) is 6.79 Å². The molecule has 0 saturated heterocycles. The molecule has 25 heavy (non-hydrogen) atoms. The van der Waals surface area contributed by atoms with E-state index in [4.69, 9.17) is 15.3 Å². The lowest BCUT2D eigenvalue weighted by Crippen LogP contribution is -2.20. The molecule has 4 rings (SSSR count). The summed E-state index contributed by atoms with van der Waals surface area (Å²) < 4.78 is 11.5. The molecule has 0 bridgehead atoms. The molecule has 2 aliphatic rings. The standard InChI is InChI=1S/C12H8O3.C7H9BrN2/c13-10-3-2-9(10)5-8-1-4-11-12(6-8)15-7-14-11;8-7-3-1-6(2-4-7)5-10-9/h1-6H,7H2;1-4,10H,5,9H2. The average molecular weight is 401 g/mol. The van der Waals surface area contributed by atoms with E-state index >= 15 is 0 Å². The predicted molar refractivity (Wildman–Crippen MR) is 99.9 cm³/mol. The van der Waals surface area contributed by atoms with Crippen molar-refractivity contribution < 1.29 is 14.3 Å². The molecule has 0 aromatic heterocycles. The van der Waals surface area contributed by atoms with E-state index < -0.39 is 0 Å². The minimum atomic E-state index is 0.0765. The van der Waals surface area contributed by atoms with E-state index in [1.165, 1.54) is 5.56 Å². The van der Waals surface area contributed by atoms with Crippen LogP contribution in [0.25, 0.3) is 6.08 Å². The van der Waals surface area contributed by atoms with Crippen LogP contribution in [0.15, 0.2) is 64.7 Å². The third kappa shape index (κ3) is 4.57. The Bertz CT molecular complexity index is 829. The Balaban J connectivity index is 0.000000160. The molecular weight excluding hydrogens is 384 g/mol. The van der Waals surface area contributed by atoms with Gasteiger partial charge in [0, 0.05) is 16.6 Å². The molecule has 2 aromatic carbocycles. The van der Waals surface area contributed by atoms with Crippen LogP contribution in [0.1, 0.15) is 11.1 Å². The molecular formula is C19H17BrN2O3. The van der Waals surface area contributed by atoms with E-state index in [0.29, 0.717) is 6.54 Å². The van der Waals surface area contributed by atoms with Crippen molar-refractivity contribution in [3.63, 3.8) is 0 Å². The number of carbonyl (C=O) groups excluding carboxylic acids is 1. The van der Waals surface area contributed by atoms with Crippen LogP contribution in [0.3, 0.4) is 0 Å². The van der Waals surface area contributed by atoms with Gasteiger partial charge in [0.15, 0.2) is 17.3 Å². The van der Waals surface area contributed by atoms with E-state index in [2.05, 4.69) is 21.4 Å². The number of nitrogens with two attached hydrogens (primary N) is 1. The second-order valence-electron chi connectivity index (χ2n) is 5.42. The molecule has 2 aromatic rings. The third-order valence-corrected chi connectivity index (χ3v) is 4.17. The maximum Gasteiger partial charge on any atom is 0.231 e. The van der Waals surface area contributed by atoms with Crippen LogP contribution in [-0.2, 0) is 11.3 Å². The molecule has 5 nitrogen and oxygen atoms in total. The predicted octanol–water partition coefficient (Wildman–Crippen LogP) is 3.35. The van der Waals surface area contributed by atoms with E-state index in [0.717, 1.165) is 27.1 Å². The molecule has 128 valence electrons. The van der Waals surface area contributed by atoms with Crippen molar-refractivity contribution in [3.05, 3.63) is 75.8 Å². The van der Waals surface area contributed by atoms with Crippen molar-refractivity contribution in [2.75, 3.05) is 6.79 Å². The normalized spacial score (nSPS) is 15.6. The number of hydrogen-bond acceptors (Lipinski definition) is 5. The Morgan fingerprint density at radius 3 is 2.48 bits per heavy atom. The van der Waals surface area contributed by atoms with E-state index in [-0.39, 0.29) is 12.6 Å². The molecule has 0 atom stereocenters. The van der Waals surface area contributed by atoms with Crippen molar-refractivity contribution in [1.82, 2.24) is 5.43 Å². The maximum atomic E-state index is 11.1.